The number of nitrogens with zero attached hydrogens (tertiary/aromatic N) is 2. The van der Waals surface area contributed by atoms with Crippen molar-refractivity contribution in [2.45, 2.75) is 0 Å². The smallest absolute Gasteiger partial charge is 0.286 e. The molecule has 1 amide bonds. The Bertz CT molecular complexity index is 635. The summed E-state index contributed by atoms with van der Waals surface area (Å²) >= 11 is 1.10. The van der Waals surface area contributed by atoms with Crippen molar-refractivity contribution in [2.24, 2.45) is 10.7 Å². The molecule has 2 rings (SSSR count). The van der Waals surface area contributed by atoms with Crippen LogP contribution in [0.25, 0.3) is 6.08 Å². The van der Waals surface area contributed by atoms with Gasteiger partial charge in [0.2, 0.25) is 0 Å². The number of amidine groups is 1. The molecule has 0 bridgehead atoms. The third-order valence-electron chi connectivity index (χ3n) is 2.25. The number of amides is 1. The number of nitrogens with two attached hydrogens (primary N) is 1. The van der Waals surface area contributed by atoms with E-state index in [0.717, 1.165) is 11.8 Å². The van der Waals surface area contributed by atoms with Gasteiger partial charge >= 0.3 is 0 Å². The first kappa shape index (κ1) is 13.0. The number of non-ortho nitro benzene ring substituents is 1. The van der Waals surface area contributed by atoms with E-state index < -0.39 is 4.92 Å². The van der Waals surface area contributed by atoms with Crippen molar-refractivity contribution in [3.8, 4) is 0 Å². The van der Waals surface area contributed by atoms with Crippen molar-refractivity contribution >= 4 is 34.6 Å². The van der Waals surface area contributed by atoms with Crippen LogP contribution in [0.15, 0.2) is 46.3 Å². The Morgan fingerprint density at radius 2 is 2.21 bits per heavy atom. The van der Waals surface area contributed by atoms with Gasteiger partial charge in [0.15, 0.2) is 5.17 Å². The van der Waals surface area contributed by atoms with Crippen molar-refractivity contribution < 1.29 is 9.72 Å². The molecule has 0 fully saturated rings. The van der Waals surface area contributed by atoms with E-state index in [0.29, 0.717) is 10.5 Å². The molecule has 0 unspecified atom stereocenters. The number of hydrogen-bond donors (Lipinski definition) is 1. The zero-order valence-corrected chi connectivity index (χ0v) is 10.5. The van der Waals surface area contributed by atoms with Gasteiger partial charge in [0.25, 0.3) is 11.6 Å². The van der Waals surface area contributed by atoms with Gasteiger partial charge in [0.1, 0.15) is 0 Å². The number of aliphatic imine (C=N–C) groups is 1. The Balaban J connectivity index is 2.12. The van der Waals surface area contributed by atoms with Gasteiger partial charge in [-0.2, -0.15) is 4.99 Å². The standard InChI is InChI=1S/C12H9N3O3S/c13-12-14-11(16)10(19-12)6-2-4-8-3-1-5-9(7-8)15(17)18/h1-7H,(H2,13,14,16)/b4-2+,10-6-. The van der Waals surface area contributed by atoms with Crippen molar-refractivity contribution in [3.05, 3.63) is 57.0 Å². The predicted molar refractivity (Wildman–Crippen MR) is 74.4 cm³/mol. The molecule has 2 N–H and O–H groups in total. The van der Waals surface area contributed by atoms with Gasteiger partial charge in [-0.3, -0.25) is 14.9 Å². The van der Waals surface area contributed by atoms with Gasteiger partial charge in [-0.25, -0.2) is 0 Å². The summed E-state index contributed by atoms with van der Waals surface area (Å²) in [6.45, 7) is 0. The van der Waals surface area contributed by atoms with Crippen LogP contribution in [0, 0.1) is 10.1 Å². The second-order valence-corrected chi connectivity index (χ2v) is 4.66. The van der Waals surface area contributed by atoms with Crippen molar-refractivity contribution in [2.75, 3.05) is 0 Å². The molecular formula is C12H9N3O3S. The van der Waals surface area contributed by atoms with Gasteiger partial charge in [-0.1, -0.05) is 24.3 Å². The number of rotatable bonds is 3. The third kappa shape index (κ3) is 3.29. The third-order valence-corrected chi connectivity index (χ3v) is 3.09. The van der Waals surface area contributed by atoms with E-state index in [1.165, 1.54) is 12.1 Å². The second kappa shape index (κ2) is 5.49. The Labute approximate surface area is 112 Å². The average molecular weight is 275 g/mol. The zero-order valence-electron chi connectivity index (χ0n) is 9.65. The maximum absolute atomic E-state index is 11.3. The molecule has 0 saturated carbocycles. The number of nitro groups is 1. The number of benzene rings is 1. The van der Waals surface area contributed by atoms with Crippen LogP contribution < -0.4 is 5.73 Å². The molecule has 0 aromatic heterocycles. The number of carbonyl (C=O) groups excluding carboxylic acids is 1. The van der Waals surface area contributed by atoms with Crippen LogP contribution in [-0.2, 0) is 4.79 Å². The number of hydrogen-bond acceptors (Lipinski definition) is 5. The lowest BCUT2D eigenvalue weighted by Crippen LogP contribution is -2.01. The van der Waals surface area contributed by atoms with Crippen LogP contribution in [0.5, 0.6) is 0 Å². The summed E-state index contributed by atoms with van der Waals surface area (Å²) in [5, 5.41) is 10.8. The van der Waals surface area contributed by atoms with Crippen LogP contribution in [0.1, 0.15) is 5.56 Å². The lowest BCUT2D eigenvalue weighted by Gasteiger charge is -1.93. The molecule has 1 aromatic rings. The topological polar surface area (TPSA) is 98.6 Å². The van der Waals surface area contributed by atoms with Gasteiger partial charge in [0, 0.05) is 12.1 Å². The molecule has 0 saturated heterocycles. The Morgan fingerprint density at radius 3 is 2.84 bits per heavy atom. The molecule has 1 aliphatic heterocycles. The number of allylic oxidation sites excluding steroid dienone is 2. The highest BCUT2D eigenvalue weighted by Crippen LogP contribution is 2.24. The first-order chi connectivity index (χ1) is 9.06. The minimum absolute atomic E-state index is 0.0219. The largest absolute Gasteiger partial charge is 0.378 e. The second-order valence-electron chi connectivity index (χ2n) is 3.60. The van der Waals surface area contributed by atoms with Crippen LogP contribution >= 0.6 is 11.8 Å². The van der Waals surface area contributed by atoms with Gasteiger partial charge in [-0.15, -0.1) is 0 Å². The van der Waals surface area contributed by atoms with Gasteiger partial charge in [0.05, 0.1) is 9.83 Å². The molecule has 0 spiro atoms. The summed E-state index contributed by atoms with van der Waals surface area (Å²) < 4.78 is 0. The van der Waals surface area contributed by atoms with Crippen molar-refractivity contribution in [1.82, 2.24) is 0 Å². The summed E-state index contributed by atoms with van der Waals surface area (Å²) in [4.78, 5) is 25.4. The zero-order chi connectivity index (χ0) is 13.8. The van der Waals surface area contributed by atoms with Crippen LogP contribution in [0.4, 0.5) is 5.69 Å². The number of carbonyl (C=O) groups is 1. The van der Waals surface area contributed by atoms with Crippen LogP contribution in [0.3, 0.4) is 0 Å². The van der Waals surface area contributed by atoms with E-state index in [2.05, 4.69) is 4.99 Å². The van der Waals surface area contributed by atoms with Crippen LogP contribution in [0.2, 0.25) is 0 Å². The first-order valence-corrected chi connectivity index (χ1v) is 6.07. The normalized spacial score (nSPS) is 17.2. The molecular weight excluding hydrogens is 266 g/mol. The quantitative estimate of drug-likeness (QED) is 0.517. The molecule has 1 heterocycles. The lowest BCUT2D eigenvalue weighted by atomic mass is 10.2. The maximum Gasteiger partial charge on any atom is 0.286 e. The fourth-order valence-corrected chi connectivity index (χ4v) is 2.06. The summed E-state index contributed by atoms with van der Waals surface area (Å²) in [5.74, 6) is -0.369. The monoisotopic (exact) mass is 275 g/mol. The molecule has 6 nitrogen and oxygen atoms in total. The SMILES string of the molecule is NC1=NC(=O)/C(=C/C=C/c2cccc([N+](=O)[O-])c2)S1. The Kier molecular flexibility index (Phi) is 3.76. The minimum Gasteiger partial charge on any atom is -0.378 e. The van der Waals surface area contributed by atoms with E-state index in [9.17, 15) is 14.9 Å². The molecule has 1 aromatic carbocycles. The number of thioether (sulfide) groups is 1. The highest BCUT2D eigenvalue weighted by atomic mass is 32.2. The van der Waals surface area contributed by atoms with Crippen molar-refractivity contribution in [1.29, 1.82) is 0 Å². The summed E-state index contributed by atoms with van der Waals surface area (Å²) in [6, 6.07) is 6.20. The first-order valence-electron chi connectivity index (χ1n) is 5.25. The Morgan fingerprint density at radius 1 is 1.42 bits per heavy atom. The lowest BCUT2D eigenvalue weighted by molar-refractivity contribution is -0.384. The highest BCUT2D eigenvalue weighted by Gasteiger charge is 2.18. The van der Waals surface area contributed by atoms with Gasteiger partial charge < -0.3 is 5.73 Å². The highest BCUT2D eigenvalue weighted by molar-refractivity contribution is 8.18. The van der Waals surface area contributed by atoms with E-state index in [1.54, 1.807) is 30.4 Å². The maximum atomic E-state index is 11.3. The molecule has 1 aliphatic rings. The Hall–Kier alpha value is -2.41. The summed E-state index contributed by atoms with van der Waals surface area (Å²) in [5.41, 5.74) is 6.10. The fourth-order valence-electron chi connectivity index (χ4n) is 1.43. The molecule has 0 aliphatic carbocycles. The molecule has 0 atom stereocenters. The van der Waals surface area contributed by atoms with E-state index >= 15 is 0 Å². The minimum atomic E-state index is -0.458. The van der Waals surface area contributed by atoms with E-state index in [1.807, 2.05) is 0 Å². The molecule has 96 valence electrons. The molecule has 7 heteroatoms. The molecule has 19 heavy (non-hydrogen) atoms. The van der Waals surface area contributed by atoms with Gasteiger partial charge in [-0.05, 0) is 23.4 Å². The number of nitro benzene ring substituents is 1. The molecule has 0 radical (unpaired) electrons. The fraction of sp³-hybridized carbons (Fsp3) is 0. The van der Waals surface area contributed by atoms with Crippen molar-refractivity contribution in [3.63, 3.8) is 0 Å². The summed E-state index contributed by atoms with van der Waals surface area (Å²) in [6.07, 6.45) is 4.88. The average Bonchev–Trinajstić information content (AvgIpc) is 2.68. The predicted octanol–water partition coefficient (Wildman–Crippen LogP) is 2.08. The van der Waals surface area contributed by atoms with Crippen LogP contribution in [-0.4, -0.2) is 16.0 Å². The summed E-state index contributed by atoms with van der Waals surface area (Å²) in [7, 11) is 0. The van der Waals surface area contributed by atoms with E-state index in [4.69, 9.17) is 5.73 Å². The van der Waals surface area contributed by atoms with E-state index in [-0.39, 0.29) is 16.8 Å².